The van der Waals surface area contributed by atoms with Gasteiger partial charge in [-0.25, -0.2) is 0 Å². The Bertz CT molecular complexity index is 362. The molecule has 0 aliphatic heterocycles. The first-order valence-electron chi connectivity index (χ1n) is 7.88. The largest absolute Gasteiger partial charge is 0.339 e. The van der Waals surface area contributed by atoms with E-state index >= 15 is 0 Å². The van der Waals surface area contributed by atoms with Crippen molar-refractivity contribution >= 4 is 0 Å². The van der Waals surface area contributed by atoms with Crippen molar-refractivity contribution in [3.63, 3.8) is 0 Å². The molecule has 2 unspecified atom stereocenters. The number of nitrogens with one attached hydrogen (secondary N) is 1. The van der Waals surface area contributed by atoms with Crippen LogP contribution in [0.2, 0.25) is 0 Å². The summed E-state index contributed by atoms with van der Waals surface area (Å²) in [7, 11) is 0. The molecule has 2 rings (SSSR count). The number of aromatic nitrogens is 2. The Balaban J connectivity index is 1.89. The third-order valence-electron chi connectivity index (χ3n) is 4.08. The summed E-state index contributed by atoms with van der Waals surface area (Å²) in [4.78, 5) is 4.53. The summed E-state index contributed by atoms with van der Waals surface area (Å²) in [6, 6.07) is 0.629. The topological polar surface area (TPSA) is 51.0 Å². The smallest absolute Gasteiger partial charge is 0.226 e. The lowest BCUT2D eigenvalue weighted by atomic mass is 9.82. The van der Waals surface area contributed by atoms with Gasteiger partial charge in [0.25, 0.3) is 0 Å². The molecular weight excluding hydrogens is 238 g/mol. The molecule has 0 amide bonds. The molecular formula is C15H27N3O. The molecule has 0 spiro atoms. The zero-order valence-electron chi connectivity index (χ0n) is 12.3. The van der Waals surface area contributed by atoms with E-state index < -0.39 is 0 Å². The van der Waals surface area contributed by atoms with Crippen LogP contribution >= 0.6 is 0 Å². The molecule has 1 aromatic heterocycles. The number of unbranched alkanes of at least 4 members (excludes halogenated alkanes) is 1. The lowest BCUT2D eigenvalue weighted by Gasteiger charge is -2.31. The van der Waals surface area contributed by atoms with Gasteiger partial charge < -0.3 is 9.84 Å². The Labute approximate surface area is 116 Å². The summed E-state index contributed by atoms with van der Waals surface area (Å²) in [5.41, 5.74) is 0. The molecule has 0 aromatic carbocycles. The minimum Gasteiger partial charge on any atom is -0.339 e. The van der Waals surface area contributed by atoms with Gasteiger partial charge in [0.05, 0.1) is 0 Å². The van der Waals surface area contributed by atoms with Gasteiger partial charge in [-0.2, -0.15) is 4.98 Å². The molecule has 1 heterocycles. The number of nitrogens with zero attached hydrogens (tertiary/aromatic N) is 2. The van der Waals surface area contributed by atoms with Crippen LogP contribution in [-0.4, -0.2) is 22.7 Å². The summed E-state index contributed by atoms with van der Waals surface area (Å²) in [5, 5.41) is 7.69. The molecule has 1 aromatic rings. The average molecular weight is 265 g/mol. The SMILES string of the molecule is CCCCc1noc(CC2CCCCC2NCC)n1. The standard InChI is InChI=1S/C15H27N3O/c1-3-5-10-14-17-15(19-18-14)11-12-8-6-7-9-13(12)16-4-2/h12-13,16H,3-11H2,1-2H3. The first-order chi connectivity index (χ1) is 9.33. The molecule has 4 nitrogen and oxygen atoms in total. The molecule has 19 heavy (non-hydrogen) atoms. The van der Waals surface area contributed by atoms with Crippen molar-refractivity contribution in [3.05, 3.63) is 11.7 Å². The molecule has 4 heteroatoms. The molecule has 0 radical (unpaired) electrons. The fourth-order valence-corrected chi connectivity index (χ4v) is 3.02. The summed E-state index contributed by atoms with van der Waals surface area (Å²) in [5.74, 6) is 2.38. The maximum atomic E-state index is 5.40. The lowest BCUT2D eigenvalue weighted by Crippen LogP contribution is -2.39. The molecule has 0 saturated heterocycles. The van der Waals surface area contributed by atoms with Crippen molar-refractivity contribution in [2.45, 2.75) is 71.3 Å². The Morgan fingerprint density at radius 3 is 2.89 bits per heavy atom. The van der Waals surface area contributed by atoms with Crippen molar-refractivity contribution in [1.82, 2.24) is 15.5 Å². The highest BCUT2D eigenvalue weighted by Crippen LogP contribution is 2.27. The van der Waals surface area contributed by atoms with E-state index in [4.69, 9.17) is 4.52 Å². The lowest BCUT2D eigenvalue weighted by molar-refractivity contribution is 0.242. The van der Waals surface area contributed by atoms with E-state index in [1.165, 1.54) is 32.1 Å². The van der Waals surface area contributed by atoms with E-state index in [-0.39, 0.29) is 0 Å². The number of hydrogen-bond donors (Lipinski definition) is 1. The minimum absolute atomic E-state index is 0.629. The van der Waals surface area contributed by atoms with Gasteiger partial charge in [-0.15, -0.1) is 0 Å². The fourth-order valence-electron chi connectivity index (χ4n) is 3.02. The Kier molecular flexibility index (Phi) is 5.83. The van der Waals surface area contributed by atoms with Crippen molar-refractivity contribution in [2.75, 3.05) is 6.54 Å². The fraction of sp³-hybridized carbons (Fsp3) is 0.867. The third-order valence-corrected chi connectivity index (χ3v) is 4.08. The molecule has 108 valence electrons. The second-order valence-electron chi connectivity index (χ2n) is 5.62. The second-order valence-corrected chi connectivity index (χ2v) is 5.62. The number of rotatable bonds is 7. The van der Waals surface area contributed by atoms with E-state index in [0.29, 0.717) is 12.0 Å². The third kappa shape index (κ3) is 4.30. The van der Waals surface area contributed by atoms with E-state index in [0.717, 1.165) is 37.5 Å². The van der Waals surface area contributed by atoms with Gasteiger partial charge in [0.1, 0.15) is 0 Å². The van der Waals surface area contributed by atoms with Gasteiger partial charge in [-0.1, -0.05) is 38.3 Å². The Morgan fingerprint density at radius 1 is 1.26 bits per heavy atom. The van der Waals surface area contributed by atoms with E-state index in [9.17, 15) is 0 Å². The highest BCUT2D eigenvalue weighted by molar-refractivity contribution is 4.92. The predicted octanol–water partition coefficient (Wildman–Crippen LogP) is 3.12. The monoisotopic (exact) mass is 265 g/mol. The van der Waals surface area contributed by atoms with E-state index in [1.54, 1.807) is 0 Å². The van der Waals surface area contributed by atoms with E-state index in [1.807, 2.05) is 0 Å². The van der Waals surface area contributed by atoms with Gasteiger partial charge in [-0.05, 0) is 31.7 Å². The van der Waals surface area contributed by atoms with Gasteiger partial charge in [0, 0.05) is 18.9 Å². The van der Waals surface area contributed by atoms with Crippen molar-refractivity contribution in [2.24, 2.45) is 5.92 Å². The van der Waals surface area contributed by atoms with Crippen LogP contribution in [0.4, 0.5) is 0 Å². The van der Waals surface area contributed by atoms with E-state index in [2.05, 4.69) is 29.3 Å². The average Bonchev–Trinajstić information content (AvgIpc) is 2.87. The van der Waals surface area contributed by atoms with Crippen molar-refractivity contribution in [1.29, 1.82) is 0 Å². The molecule has 2 atom stereocenters. The zero-order valence-corrected chi connectivity index (χ0v) is 12.3. The normalized spacial score (nSPS) is 23.7. The first-order valence-corrected chi connectivity index (χ1v) is 7.88. The maximum Gasteiger partial charge on any atom is 0.226 e. The van der Waals surface area contributed by atoms with Crippen LogP contribution in [0.25, 0.3) is 0 Å². The van der Waals surface area contributed by atoms with Crippen LogP contribution in [0.5, 0.6) is 0 Å². The van der Waals surface area contributed by atoms with Crippen LogP contribution in [0.15, 0.2) is 4.52 Å². The van der Waals surface area contributed by atoms with Crippen LogP contribution < -0.4 is 5.32 Å². The molecule has 1 saturated carbocycles. The quantitative estimate of drug-likeness (QED) is 0.823. The summed E-state index contributed by atoms with van der Waals surface area (Å²) >= 11 is 0. The molecule has 1 aliphatic carbocycles. The highest BCUT2D eigenvalue weighted by atomic mass is 16.5. The summed E-state index contributed by atoms with van der Waals surface area (Å²) < 4.78 is 5.40. The maximum absolute atomic E-state index is 5.40. The second kappa shape index (κ2) is 7.63. The predicted molar refractivity (Wildman–Crippen MR) is 76.0 cm³/mol. The highest BCUT2D eigenvalue weighted by Gasteiger charge is 2.26. The van der Waals surface area contributed by atoms with Gasteiger partial charge >= 0.3 is 0 Å². The van der Waals surface area contributed by atoms with Gasteiger partial charge in [0.15, 0.2) is 5.82 Å². The molecule has 0 bridgehead atoms. The Hall–Kier alpha value is -0.900. The number of aryl methyl sites for hydroxylation is 1. The summed E-state index contributed by atoms with van der Waals surface area (Å²) in [6.45, 7) is 5.41. The minimum atomic E-state index is 0.629. The molecule has 1 aliphatic rings. The van der Waals surface area contributed by atoms with Gasteiger partial charge in [-0.3, -0.25) is 0 Å². The van der Waals surface area contributed by atoms with Crippen molar-refractivity contribution < 1.29 is 4.52 Å². The Morgan fingerprint density at radius 2 is 2.11 bits per heavy atom. The zero-order chi connectivity index (χ0) is 13.5. The van der Waals surface area contributed by atoms with Crippen LogP contribution in [0.3, 0.4) is 0 Å². The van der Waals surface area contributed by atoms with Gasteiger partial charge in [0.2, 0.25) is 5.89 Å². The molecule has 1 N–H and O–H groups in total. The molecule has 1 fully saturated rings. The van der Waals surface area contributed by atoms with Crippen molar-refractivity contribution in [3.8, 4) is 0 Å². The van der Waals surface area contributed by atoms with Crippen LogP contribution in [-0.2, 0) is 12.8 Å². The first kappa shape index (κ1) is 14.5. The van der Waals surface area contributed by atoms with Crippen LogP contribution in [0.1, 0.15) is 64.1 Å². The van der Waals surface area contributed by atoms with Crippen LogP contribution in [0, 0.1) is 5.92 Å². The number of hydrogen-bond acceptors (Lipinski definition) is 4. The summed E-state index contributed by atoms with van der Waals surface area (Å²) in [6.07, 6.45) is 9.46.